The second-order valence-electron chi connectivity index (χ2n) is 4.49. The summed E-state index contributed by atoms with van der Waals surface area (Å²) in [5.41, 5.74) is 3.46. The molecule has 98 valence electrons. The van der Waals surface area contributed by atoms with Crippen LogP contribution in [-0.4, -0.2) is 12.9 Å². The average Bonchev–Trinajstić information content (AvgIpc) is 2.40. The van der Waals surface area contributed by atoms with Crippen LogP contribution in [0, 0.1) is 13.8 Å². The summed E-state index contributed by atoms with van der Waals surface area (Å²) in [7, 11) is 1.61. The van der Waals surface area contributed by atoms with E-state index in [2.05, 4.69) is 15.9 Å². The maximum atomic E-state index is 12.6. The van der Waals surface area contributed by atoms with E-state index in [-0.39, 0.29) is 5.78 Å². The number of ether oxygens (including phenoxy) is 1. The summed E-state index contributed by atoms with van der Waals surface area (Å²) in [6, 6.07) is 11.3. The van der Waals surface area contributed by atoms with E-state index in [1.165, 1.54) is 0 Å². The summed E-state index contributed by atoms with van der Waals surface area (Å²) in [6.07, 6.45) is 0. The van der Waals surface area contributed by atoms with E-state index in [1.54, 1.807) is 25.3 Å². The van der Waals surface area contributed by atoms with Crippen LogP contribution < -0.4 is 4.74 Å². The van der Waals surface area contributed by atoms with E-state index in [0.29, 0.717) is 5.56 Å². The number of carbonyl (C=O) groups excluding carboxylic acids is 1. The van der Waals surface area contributed by atoms with E-state index in [1.807, 2.05) is 32.0 Å². The first-order valence-corrected chi connectivity index (χ1v) is 6.77. The molecular formula is C16H15BrO2. The summed E-state index contributed by atoms with van der Waals surface area (Å²) < 4.78 is 5.88. The van der Waals surface area contributed by atoms with Gasteiger partial charge in [0.05, 0.1) is 7.11 Å². The molecule has 0 unspecified atom stereocenters. The van der Waals surface area contributed by atoms with Crippen LogP contribution in [0.25, 0.3) is 0 Å². The largest absolute Gasteiger partial charge is 0.497 e. The number of hydrogen-bond acceptors (Lipinski definition) is 2. The van der Waals surface area contributed by atoms with Crippen LogP contribution in [0.15, 0.2) is 40.9 Å². The Kier molecular flexibility index (Phi) is 4.05. The zero-order valence-electron chi connectivity index (χ0n) is 11.2. The van der Waals surface area contributed by atoms with Gasteiger partial charge >= 0.3 is 0 Å². The second kappa shape index (κ2) is 5.57. The molecular weight excluding hydrogens is 304 g/mol. The van der Waals surface area contributed by atoms with E-state index in [4.69, 9.17) is 4.74 Å². The Balaban J connectivity index is 2.47. The van der Waals surface area contributed by atoms with Crippen molar-refractivity contribution in [3.63, 3.8) is 0 Å². The van der Waals surface area contributed by atoms with Gasteiger partial charge in [0.15, 0.2) is 5.78 Å². The summed E-state index contributed by atoms with van der Waals surface area (Å²) >= 11 is 3.43. The fourth-order valence-electron chi connectivity index (χ4n) is 1.93. The highest BCUT2D eigenvalue weighted by Crippen LogP contribution is 2.26. The molecule has 0 aliphatic rings. The molecule has 19 heavy (non-hydrogen) atoms. The van der Waals surface area contributed by atoms with Crippen LogP contribution in [0.1, 0.15) is 27.0 Å². The third-order valence-electron chi connectivity index (χ3n) is 3.06. The lowest BCUT2D eigenvalue weighted by Gasteiger charge is -2.09. The zero-order valence-corrected chi connectivity index (χ0v) is 12.7. The Bertz CT molecular complexity index is 633. The van der Waals surface area contributed by atoms with E-state index in [0.717, 1.165) is 26.9 Å². The average molecular weight is 319 g/mol. The van der Waals surface area contributed by atoms with Crippen molar-refractivity contribution in [2.24, 2.45) is 0 Å². The molecule has 0 saturated carbocycles. The van der Waals surface area contributed by atoms with Crippen LogP contribution in [0.4, 0.5) is 0 Å². The van der Waals surface area contributed by atoms with E-state index in [9.17, 15) is 4.79 Å². The number of carbonyl (C=O) groups is 1. The first kappa shape index (κ1) is 13.8. The summed E-state index contributed by atoms with van der Waals surface area (Å²) in [5, 5.41) is 0. The number of hydrogen-bond donors (Lipinski definition) is 0. The highest BCUT2D eigenvalue weighted by molar-refractivity contribution is 9.10. The van der Waals surface area contributed by atoms with Gasteiger partial charge in [-0.3, -0.25) is 4.79 Å². The van der Waals surface area contributed by atoms with Crippen LogP contribution in [0.5, 0.6) is 5.75 Å². The number of ketones is 1. The number of halogens is 1. The van der Waals surface area contributed by atoms with Crippen molar-refractivity contribution in [1.29, 1.82) is 0 Å². The van der Waals surface area contributed by atoms with Gasteiger partial charge in [-0.1, -0.05) is 17.7 Å². The minimum absolute atomic E-state index is 0.0238. The fraction of sp³-hybridized carbons (Fsp3) is 0.188. The van der Waals surface area contributed by atoms with Gasteiger partial charge in [0.2, 0.25) is 0 Å². The first-order valence-electron chi connectivity index (χ1n) is 5.98. The summed E-state index contributed by atoms with van der Waals surface area (Å²) in [6.45, 7) is 3.93. The highest BCUT2D eigenvalue weighted by atomic mass is 79.9. The van der Waals surface area contributed by atoms with Crippen LogP contribution >= 0.6 is 15.9 Å². The first-order chi connectivity index (χ1) is 9.02. The molecule has 0 N–H and O–H groups in total. The maximum absolute atomic E-state index is 12.6. The predicted octanol–water partition coefficient (Wildman–Crippen LogP) is 4.31. The van der Waals surface area contributed by atoms with Crippen molar-refractivity contribution in [2.45, 2.75) is 13.8 Å². The van der Waals surface area contributed by atoms with Crippen LogP contribution in [0.2, 0.25) is 0 Å². The molecule has 2 rings (SSSR count). The number of rotatable bonds is 3. The molecule has 2 aromatic carbocycles. The monoisotopic (exact) mass is 318 g/mol. The smallest absolute Gasteiger partial charge is 0.194 e. The lowest BCUT2D eigenvalue weighted by Crippen LogP contribution is -2.05. The predicted molar refractivity (Wildman–Crippen MR) is 80.0 cm³/mol. The topological polar surface area (TPSA) is 26.3 Å². The lowest BCUT2D eigenvalue weighted by molar-refractivity contribution is 0.103. The molecule has 0 bridgehead atoms. The molecule has 0 fully saturated rings. The standard InChI is InChI=1S/C16H15BrO2/c1-10-4-5-11(2)14(8-10)16(18)13-7-6-12(19-3)9-15(13)17/h4-9H,1-3H3. The van der Waals surface area contributed by atoms with Crippen molar-refractivity contribution in [1.82, 2.24) is 0 Å². The Morgan fingerprint density at radius 1 is 1.05 bits per heavy atom. The lowest BCUT2D eigenvalue weighted by atomic mass is 9.97. The second-order valence-corrected chi connectivity index (χ2v) is 5.35. The van der Waals surface area contributed by atoms with Crippen molar-refractivity contribution in [2.75, 3.05) is 7.11 Å². The van der Waals surface area contributed by atoms with Gasteiger partial charge < -0.3 is 4.74 Å². The molecule has 0 radical (unpaired) electrons. The summed E-state index contributed by atoms with van der Waals surface area (Å²) in [5.74, 6) is 0.750. The van der Waals surface area contributed by atoms with Crippen LogP contribution in [0.3, 0.4) is 0 Å². The number of benzene rings is 2. The molecule has 0 atom stereocenters. The molecule has 0 aromatic heterocycles. The third-order valence-corrected chi connectivity index (χ3v) is 3.71. The molecule has 0 aliphatic heterocycles. The molecule has 3 heteroatoms. The van der Waals surface area contributed by atoms with Gasteiger partial charge in [-0.15, -0.1) is 0 Å². The molecule has 0 aliphatic carbocycles. The molecule has 0 spiro atoms. The molecule has 0 heterocycles. The normalized spacial score (nSPS) is 10.3. The van der Waals surface area contributed by atoms with Gasteiger partial charge in [0, 0.05) is 15.6 Å². The number of aryl methyl sites for hydroxylation is 2. The highest BCUT2D eigenvalue weighted by Gasteiger charge is 2.15. The fourth-order valence-corrected chi connectivity index (χ4v) is 2.47. The van der Waals surface area contributed by atoms with Gasteiger partial charge in [-0.25, -0.2) is 0 Å². The van der Waals surface area contributed by atoms with Crippen molar-refractivity contribution in [3.05, 3.63) is 63.1 Å². The molecule has 2 aromatic rings. The minimum atomic E-state index is 0.0238. The van der Waals surface area contributed by atoms with Crippen LogP contribution in [-0.2, 0) is 0 Å². The Hall–Kier alpha value is -1.61. The van der Waals surface area contributed by atoms with Crippen molar-refractivity contribution < 1.29 is 9.53 Å². The van der Waals surface area contributed by atoms with Crippen molar-refractivity contribution in [3.8, 4) is 5.75 Å². The molecule has 0 amide bonds. The molecule has 0 saturated heterocycles. The van der Waals surface area contributed by atoms with Gasteiger partial charge in [-0.2, -0.15) is 0 Å². The minimum Gasteiger partial charge on any atom is -0.497 e. The Morgan fingerprint density at radius 3 is 2.42 bits per heavy atom. The van der Waals surface area contributed by atoms with Crippen molar-refractivity contribution >= 4 is 21.7 Å². The zero-order chi connectivity index (χ0) is 14.0. The van der Waals surface area contributed by atoms with Gasteiger partial charge in [0.1, 0.15) is 5.75 Å². The SMILES string of the molecule is COc1ccc(C(=O)c2cc(C)ccc2C)c(Br)c1. The number of methoxy groups -OCH3 is 1. The van der Waals surface area contributed by atoms with E-state index < -0.39 is 0 Å². The Morgan fingerprint density at radius 2 is 1.79 bits per heavy atom. The Labute approximate surface area is 121 Å². The maximum Gasteiger partial charge on any atom is 0.194 e. The molecule has 2 nitrogen and oxygen atoms in total. The van der Waals surface area contributed by atoms with Gasteiger partial charge in [0.25, 0.3) is 0 Å². The quantitative estimate of drug-likeness (QED) is 0.788. The van der Waals surface area contributed by atoms with Gasteiger partial charge in [-0.05, 0) is 59.6 Å². The summed E-state index contributed by atoms with van der Waals surface area (Å²) in [4.78, 5) is 12.6. The van der Waals surface area contributed by atoms with E-state index >= 15 is 0 Å². The third kappa shape index (κ3) is 2.87.